The highest BCUT2D eigenvalue weighted by Crippen LogP contribution is 2.30. The average Bonchev–Trinajstić information content (AvgIpc) is 2.98. The van der Waals surface area contributed by atoms with E-state index in [1.807, 2.05) is 0 Å². The van der Waals surface area contributed by atoms with Gasteiger partial charge < -0.3 is 20.1 Å². The molecule has 3 aromatic carbocycles. The Kier molecular flexibility index (Phi) is 11.1. The van der Waals surface area contributed by atoms with Crippen molar-refractivity contribution in [2.45, 2.75) is 45.2 Å². The first-order valence-electron chi connectivity index (χ1n) is 13.1. The van der Waals surface area contributed by atoms with Crippen LogP contribution in [0.4, 0.5) is 11.4 Å². The summed E-state index contributed by atoms with van der Waals surface area (Å²) in [6.45, 7) is 2.66. The molecule has 0 aliphatic rings. The van der Waals surface area contributed by atoms with Crippen LogP contribution in [0.1, 0.15) is 71.5 Å². The maximum absolute atomic E-state index is 13.1. The molecule has 0 unspecified atom stereocenters. The molecule has 0 fully saturated rings. The number of nitro groups is 2. The first-order valence-corrected chi connectivity index (χ1v) is 13.1. The van der Waals surface area contributed by atoms with Crippen molar-refractivity contribution < 1.29 is 28.9 Å². The second-order valence-electron chi connectivity index (χ2n) is 9.16. The summed E-state index contributed by atoms with van der Waals surface area (Å²) in [5, 5.41) is 27.4. The third kappa shape index (κ3) is 8.75. The highest BCUT2D eigenvalue weighted by atomic mass is 16.6. The van der Waals surface area contributed by atoms with Crippen LogP contribution in [-0.2, 0) is 0 Å². The number of amides is 2. The summed E-state index contributed by atoms with van der Waals surface area (Å²) in [5.74, 6) is -0.287. The Bertz CT molecular complexity index is 1290. The van der Waals surface area contributed by atoms with E-state index in [1.54, 1.807) is 18.2 Å². The van der Waals surface area contributed by atoms with Crippen LogP contribution in [0, 0.1) is 20.2 Å². The molecule has 0 aliphatic carbocycles. The van der Waals surface area contributed by atoms with Gasteiger partial charge in [-0.1, -0.05) is 38.7 Å². The Labute approximate surface area is 237 Å². The van der Waals surface area contributed by atoms with Crippen LogP contribution in [0.5, 0.6) is 11.5 Å². The largest absolute Gasteiger partial charge is 0.493 e. The maximum atomic E-state index is 13.1. The van der Waals surface area contributed by atoms with Crippen LogP contribution in [0.25, 0.3) is 0 Å². The summed E-state index contributed by atoms with van der Waals surface area (Å²) < 4.78 is 11.4. The lowest BCUT2D eigenvalue weighted by atomic mass is 10.1. The van der Waals surface area contributed by atoms with Crippen LogP contribution in [-0.4, -0.2) is 35.4 Å². The highest BCUT2D eigenvalue weighted by molar-refractivity contribution is 5.97. The summed E-state index contributed by atoms with van der Waals surface area (Å²) in [4.78, 5) is 46.9. The molecule has 0 heterocycles. The molecule has 0 spiro atoms. The van der Waals surface area contributed by atoms with Crippen molar-refractivity contribution in [2.75, 3.05) is 13.7 Å². The van der Waals surface area contributed by atoms with Gasteiger partial charge in [-0.25, -0.2) is 0 Å². The van der Waals surface area contributed by atoms with Gasteiger partial charge in [-0.15, -0.1) is 0 Å². The number of nitrogens with zero attached hydrogens (tertiary/aromatic N) is 2. The minimum atomic E-state index is -1.06. The molecule has 216 valence electrons. The van der Waals surface area contributed by atoms with E-state index in [2.05, 4.69) is 17.6 Å². The van der Waals surface area contributed by atoms with Crippen molar-refractivity contribution >= 4 is 23.2 Å². The van der Waals surface area contributed by atoms with Gasteiger partial charge >= 0.3 is 0 Å². The normalized spacial score (nSPS) is 10.6. The standard InChI is InChI=1S/C29H32N4O8/c1-3-4-5-6-7-18-41-25-17-12-22(19-26(25)40-2)27(30-28(34)20-8-13-23(14-9-20)32(36)37)31-29(35)21-10-15-24(16-11-21)33(38)39/h8-17,19,27H,3-7,18H2,1-2H3,(H,30,34)(H,31,35). The molecule has 0 bridgehead atoms. The average molecular weight is 565 g/mol. The molecule has 0 aliphatic heterocycles. The number of rotatable bonds is 15. The number of ether oxygens (including phenoxy) is 2. The molecule has 0 saturated heterocycles. The zero-order valence-corrected chi connectivity index (χ0v) is 22.8. The highest BCUT2D eigenvalue weighted by Gasteiger charge is 2.22. The lowest BCUT2D eigenvalue weighted by molar-refractivity contribution is -0.385. The second kappa shape index (κ2) is 15.0. The van der Waals surface area contributed by atoms with E-state index in [4.69, 9.17) is 9.47 Å². The van der Waals surface area contributed by atoms with Gasteiger partial charge in [0.1, 0.15) is 6.17 Å². The van der Waals surface area contributed by atoms with Crippen LogP contribution < -0.4 is 20.1 Å². The molecular weight excluding hydrogens is 532 g/mol. The number of carbonyl (C=O) groups excluding carboxylic acids is 2. The smallest absolute Gasteiger partial charge is 0.269 e. The van der Waals surface area contributed by atoms with Crippen molar-refractivity contribution in [3.05, 3.63) is 104 Å². The number of nitrogens with one attached hydrogen (secondary N) is 2. The number of methoxy groups -OCH3 is 1. The number of unbranched alkanes of at least 4 members (excludes halogenated alkanes) is 4. The Morgan fingerprint density at radius 3 is 1.73 bits per heavy atom. The monoisotopic (exact) mass is 564 g/mol. The molecular formula is C29H32N4O8. The number of benzene rings is 3. The zero-order valence-electron chi connectivity index (χ0n) is 22.8. The van der Waals surface area contributed by atoms with Crippen molar-refractivity contribution in [1.82, 2.24) is 10.6 Å². The van der Waals surface area contributed by atoms with Crippen molar-refractivity contribution in [2.24, 2.45) is 0 Å². The quantitative estimate of drug-likeness (QED) is 0.102. The van der Waals surface area contributed by atoms with Gasteiger partial charge in [0.2, 0.25) is 0 Å². The van der Waals surface area contributed by atoms with Gasteiger partial charge in [0.25, 0.3) is 23.2 Å². The van der Waals surface area contributed by atoms with Gasteiger partial charge in [-0.3, -0.25) is 29.8 Å². The summed E-state index contributed by atoms with van der Waals surface area (Å²) in [6, 6.07) is 15.0. The van der Waals surface area contributed by atoms with Crippen LogP contribution in [0.3, 0.4) is 0 Å². The van der Waals surface area contributed by atoms with Crippen molar-refractivity contribution in [3.8, 4) is 11.5 Å². The van der Waals surface area contributed by atoms with E-state index in [0.717, 1.165) is 25.7 Å². The minimum absolute atomic E-state index is 0.139. The lowest BCUT2D eigenvalue weighted by Gasteiger charge is -2.22. The van der Waals surface area contributed by atoms with Gasteiger partial charge in [-0.05, 0) is 48.4 Å². The van der Waals surface area contributed by atoms with E-state index in [0.29, 0.717) is 23.7 Å². The van der Waals surface area contributed by atoms with Crippen LogP contribution >= 0.6 is 0 Å². The molecule has 0 radical (unpaired) electrons. The number of non-ortho nitro benzene ring substituents is 2. The molecule has 12 heteroatoms. The van der Waals surface area contributed by atoms with Gasteiger partial charge in [0.15, 0.2) is 11.5 Å². The maximum Gasteiger partial charge on any atom is 0.269 e. The Morgan fingerprint density at radius 1 is 0.756 bits per heavy atom. The summed E-state index contributed by atoms with van der Waals surface area (Å²) in [7, 11) is 1.48. The Hall–Kier alpha value is -5.00. The fourth-order valence-electron chi connectivity index (χ4n) is 3.97. The topological polar surface area (TPSA) is 163 Å². The second-order valence-corrected chi connectivity index (χ2v) is 9.16. The first-order chi connectivity index (χ1) is 19.7. The molecule has 2 N–H and O–H groups in total. The molecule has 3 aromatic rings. The molecule has 41 heavy (non-hydrogen) atoms. The fourth-order valence-corrected chi connectivity index (χ4v) is 3.97. The predicted octanol–water partition coefficient (Wildman–Crippen LogP) is 5.72. The van der Waals surface area contributed by atoms with Crippen molar-refractivity contribution in [3.63, 3.8) is 0 Å². The Morgan fingerprint density at radius 2 is 1.27 bits per heavy atom. The van der Waals surface area contributed by atoms with Crippen LogP contribution in [0.15, 0.2) is 66.7 Å². The molecule has 12 nitrogen and oxygen atoms in total. The van der Waals surface area contributed by atoms with E-state index in [-0.39, 0.29) is 22.5 Å². The van der Waals surface area contributed by atoms with Crippen LogP contribution in [0.2, 0.25) is 0 Å². The molecule has 0 aromatic heterocycles. The summed E-state index contributed by atoms with van der Waals surface area (Å²) in [5.41, 5.74) is 0.397. The SMILES string of the molecule is CCCCCCCOc1ccc(C(NC(=O)c2ccc([N+](=O)[O-])cc2)NC(=O)c2ccc([N+](=O)[O-])cc2)cc1OC. The number of hydrogen-bond acceptors (Lipinski definition) is 8. The molecule has 0 saturated carbocycles. The van der Waals surface area contributed by atoms with E-state index in [9.17, 15) is 29.8 Å². The molecule has 0 atom stereocenters. The number of hydrogen-bond donors (Lipinski definition) is 2. The molecule has 2 amide bonds. The fraction of sp³-hybridized carbons (Fsp3) is 0.310. The third-order valence-corrected chi connectivity index (χ3v) is 6.26. The Balaban J connectivity index is 1.83. The summed E-state index contributed by atoms with van der Waals surface area (Å²) >= 11 is 0. The van der Waals surface area contributed by atoms with Gasteiger partial charge in [-0.2, -0.15) is 0 Å². The van der Waals surface area contributed by atoms with Crippen molar-refractivity contribution in [1.29, 1.82) is 0 Å². The van der Waals surface area contributed by atoms with Gasteiger partial charge in [0, 0.05) is 35.4 Å². The van der Waals surface area contributed by atoms with E-state index in [1.165, 1.54) is 62.1 Å². The number of carbonyl (C=O) groups is 2. The minimum Gasteiger partial charge on any atom is -0.493 e. The van der Waals surface area contributed by atoms with E-state index >= 15 is 0 Å². The predicted molar refractivity (Wildman–Crippen MR) is 151 cm³/mol. The van der Waals surface area contributed by atoms with E-state index < -0.39 is 27.8 Å². The summed E-state index contributed by atoms with van der Waals surface area (Å²) in [6.07, 6.45) is 4.36. The first kappa shape index (κ1) is 30.5. The van der Waals surface area contributed by atoms with Gasteiger partial charge in [0.05, 0.1) is 23.6 Å². The third-order valence-electron chi connectivity index (χ3n) is 6.26. The zero-order chi connectivity index (χ0) is 29.8. The molecule has 3 rings (SSSR count). The lowest BCUT2D eigenvalue weighted by Crippen LogP contribution is -2.41. The number of nitro benzene ring substituents is 2.